The summed E-state index contributed by atoms with van der Waals surface area (Å²) in [6.07, 6.45) is 4.70. The van der Waals surface area contributed by atoms with Gasteiger partial charge in [0.15, 0.2) is 11.0 Å². The molecular weight excluding hydrogens is 683 g/mol. The predicted octanol–water partition coefficient (Wildman–Crippen LogP) is 7.37. The minimum absolute atomic E-state index is 0.0590. The molecule has 2 aromatic carbocycles. The maximum Gasteiger partial charge on any atom is 0.337 e. The number of anilines is 1. The van der Waals surface area contributed by atoms with Crippen molar-refractivity contribution < 1.29 is 32.5 Å². The maximum absolute atomic E-state index is 14.6. The van der Waals surface area contributed by atoms with Crippen LogP contribution in [0.3, 0.4) is 0 Å². The second-order valence-corrected chi connectivity index (χ2v) is 14.3. The zero-order valence-electron chi connectivity index (χ0n) is 26.6. The van der Waals surface area contributed by atoms with Gasteiger partial charge in [0.25, 0.3) is 11.8 Å². The van der Waals surface area contributed by atoms with E-state index in [0.717, 1.165) is 20.8 Å². The summed E-state index contributed by atoms with van der Waals surface area (Å²) in [5.41, 5.74) is 2.16. The molecule has 1 unspecified atom stereocenters. The molecular formula is C34H36Cl2F2N5O4S+. The van der Waals surface area contributed by atoms with Crippen LogP contribution in [-0.2, 0) is 34.2 Å². The third kappa shape index (κ3) is 6.73. The lowest BCUT2D eigenvalue weighted by molar-refractivity contribution is -0.986. The van der Waals surface area contributed by atoms with Gasteiger partial charge in [0.05, 0.1) is 49.3 Å². The Bertz CT molecular complexity index is 1870. The number of amides is 2. The molecule has 6 rings (SSSR count). The van der Waals surface area contributed by atoms with Crippen LogP contribution in [0.2, 0.25) is 10.0 Å². The first kappa shape index (κ1) is 34.4. The first-order valence-electron chi connectivity index (χ1n) is 15.8. The number of carbonyl (C=O) groups excluding carboxylic acids is 3. The van der Waals surface area contributed by atoms with Crippen molar-refractivity contribution in [2.45, 2.75) is 56.9 Å². The highest BCUT2D eigenvalue weighted by Gasteiger charge is 2.56. The van der Waals surface area contributed by atoms with Gasteiger partial charge in [0.1, 0.15) is 6.54 Å². The van der Waals surface area contributed by atoms with E-state index in [-0.39, 0.29) is 77.2 Å². The summed E-state index contributed by atoms with van der Waals surface area (Å²) >= 11 is 14.9. The number of ether oxygens (including phenoxy) is 1. The minimum atomic E-state index is -2.79. The van der Waals surface area contributed by atoms with Gasteiger partial charge in [-0.2, -0.15) is 4.59 Å². The van der Waals surface area contributed by atoms with E-state index in [1.807, 2.05) is 40.9 Å². The number of para-hydroxylation sites is 1. The molecule has 1 N–H and O–H groups in total. The summed E-state index contributed by atoms with van der Waals surface area (Å²) in [5.74, 6) is -3.66. The Morgan fingerprint density at radius 1 is 1.15 bits per heavy atom. The standard InChI is InChI=1S/C34H35Cl2F2N5O4S/c1-41-20-24(23-6-3-4-7-28(23)41)32(46)40-27-18-25(35)21(16-26(27)36)17-30(44)43(42-13-11-34(37,38)12-14-42)15-5-8-29(43)33-39-19-22(48-33)9-10-31(45)47-2/h3-4,6-7,16,18-20,29H,5,8-15,17H2,1-2H3/p+1/t29-,43?/m0/s1. The van der Waals surface area contributed by atoms with Gasteiger partial charge in [0, 0.05) is 65.9 Å². The largest absolute Gasteiger partial charge is 0.469 e. The first-order chi connectivity index (χ1) is 22.9. The molecule has 0 radical (unpaired) electrons. The van der Waals surface area contributed by atoms with Crippen LogP contribution in [0, 0.1) is 0 Å². The van der Waals surface area contributed by atoms with E-state index < -0.39 is 5.92 Å². The van der Waals surface area contributed by atoms with Crippen LogP contribution in [0.15, 0.2) is 48.8 Å². The Balaban J connectivity index is 1.26. The number of quaternary nitrogens is 1. The molecule has 4 aromatic rings. The Labute approximate surface area is 290 Å². The summed E-state index contributed by atoms with van der Waals surface area (Å²) in [6, 6.07) is 10.3. The highest BCUT2D eigenvalue weighted by atomic mass is 35.5. The normalized spacial score (nSPS) is 21.0. The van der Waals surface area contributed by atoms with E-state index in [4.69, 9.17) is 27.9 Å². The van der Waals surface area contributed by atoms with Gasteiger partial charge in [-0.3, -0.25) is 9.59 Å². The topological polar surface area (TPSA) is 93.5 Å². The smallest absolute Gasteiger partial charge is 0.337 e. The van der Waals surface area contributed by atoms with Gasteiger partial charge in [-0.1, -0.05) is 41.4 Å². The van der Waals surface area contributed by atoms with E-state index >= 15 is 0 Å². The number of halogens is 4. The van der Waals surface area contributed by atoms with Crippen molar-refractivity contribution in [2.24, 2.45) is 7.05 Å². The molecule has 254 valence electrons. The van der Waals surface area contributed by atoms with Crippen molar-refractivity contribution in [3.63, 3.8) is 0 Å². The molecule has 2 aromatic heterocycles. The third-order valence-corrected chi connectivity index (χ3v) is 11.3. The molecule has 0 aliphatic carbocycles. The number of likely N-dealkylation sites (tertiary alicyclic amines) is 1. The molecule has 0 spiro atoms. The predicted molar refractivity (Wildman–Crippen MR) is 181 cm³/mol. The molecule has 2 fully saturated rings. The van der Waals surface area contributed by atoms with Crippen LogP contribution in [0.5, 0.6) is 0 Å². The Morgan fingerprint density at radius 2 is 1.90 bits per heavy atom. The molecule has 2 saturated heterocycles. The molecule has 2 aliphatic rings. The van der Waals surface area contributed by atoms with Gasteiger partial charge < -0.3 is 14.6 Å². The van der Waals surface area contributed by atoms with Crippen LogP contribution in [0.1, 0.15) is 64.0 Å². The zero-order valence-corrected chi connectivity index (χ0v) is 28.9. The number of carbonyl (C=O) groups is 3. The molecule has 2 amide bonds. The number of benzene rings is 2. The van der Waals surface area contributed by atoms with Gasteiger partial charge in [-0.25, -0.2) is 18.6 Å². The van der Waals surface area contributed by atoms with Crippen LogP contribution in [0.4, 0.5) is 14.5 Å². The number of aromatic nitrogens is 2. The fraction of sp³-hybridized carbons (Fsp3) is 0.412. The number of nitrogens with one attached hydrogen (secondary N) is 1. The maximum atomic E-state index is 14.6. The zero-order chi connectivity index (χ0) is 34.2. The fourth-order valence-electron chi connectivity index (χ4n) is 6.93. The SMILES string of the molecule is COC(=O)CCc1cnc([C@@H]2CCC[N+]2(C(=O)Cc2cc(Cl)c(NC(=O)c3cn(C)c4ccccc34)cc2Cl)N2CCC(F)(F)CC2)s1. The lowest BCUT2D eigenvalue weighted by Gasteiger charge is -2.46. The van der Waals surface area contributed by atoms with E-state index in [1.54, 1.807) is 18.5 Å². The van der Waals surface area contributed by atoms with E-state index in [1.165, 1.54) is 24.5 Å². The van der Waals surface area contributed by atoms with Crippen LogP contribution >= 0.6 is 34.5 Å². The molecule has 0 bridgehead atoms. The van der Waals surface area contributed by atoms with Crippen LogP contribution in [0.25, 0.3) is 10.9 Å². The van der Waals surface area contributed by atoms with E-state index in [0.29, 0.717) is 42.6 Å². The Kier molecular flexibility index (Phi) is 9.93. The first-order valence-corrected chi connectivity index (χ1v) is 17.4. The number of nitrogens with zero attached hydrogens (tertiary/aromatic N) is 4. The highest BCUT2D eigenvalue weighted by Crippen LogP contribution is 2.46. The number of fused-ring (bicyclic) bond motifs is 1. The van der Waals surface area contributed by atoms with Gasteiger partial charge >= 0.3 is 11.9 Å². The van der Waals surface area contributed by atoms with Crippen molar-refractivity contribution in [3.8, 4) is 0 Å². The second-order valence-electron chi connectivity index (χ2n) is 12.4. The number of hydrogen-bond donors (Lipinski definition) is 1. The molecule has 2 atom stereocenters. The molecule has 14 heteroatoms. The number of rotatable bonds is 9. The number of alkyl halides is 2. The second kappa shape index (κ2) is 13.8. The lowest BCUT2D eigenvalue weighted by Crippen LogP contribution is -2.65. The van der Waals surface area contributed by atoms with Crippen molar-refractivity contribution in [1.29, 1.82) is 0 Å². The monoisotopic (exact) mass is 718 g/mol. The number of esters is 1. The number of hydrogen-bond acceptors (Lipinski definition) is 7. The average Bonchev–Trinajstić information content (AvgIpc) is 3.80. The average molecular weight is 720 g/mol. The van der Waals surface area contributed by atoms with Crippen molar-refractivity contribution in [2.75, 3.05) is 32.1 Å². The van der Waals surface area contributed by atoms with E-state index in [9.17, 15) is 23.2 Å². The fourth-order valence-corrected chi connectivity index (χ4v) is 8.50. The Hall–Kier alpha value is -3.42. The summed E-state index contributed by atoms with van der Waals surface area (Å²) < 4.78 is 35.1. The quantitative estimate of drug-likeness (QED) is 0.144. The molecule has 0 saturated carbocycles. The van der Waals surface area contributed by atoms with Crippen molar-refractivity contribution in [1.82, 2.24) is 14.6 Å². The highest BCUT2D eigenvalue weighted by molar-refractivity contribution is 7.11. The summed E-state index contributed by atoms with van der Waals surface area (Å²) in [6.45, 7) is 0.559. The Morgan fingerprint density at radius 3 is 2.65 bits per heavy atom. The lowest BCUT2D eigenvalue weighted by atomic mass is 10.1. The molecule has 48 heavy (non-hydrogen) atoms. The van der Waals surface area contributed by atoms with Crippen LogP contribution < -0.4 is 5.32 Å². The minimum Gasteiger partial charge on any atom is -0.469 e. The summed E-state index contributed by atoms with van der Waals surface area (Å²) in [5, 5.41) is 6.72. The number of thiazole rings is 1. The summed E-state index contributed by atoms with van der Waals surface area (Å²) in [4.78, 5) is 45.1. The third-order valence-electron chi connectivity index (χ3n) is 9.43. The van der Waals surface area contributed by atoms with E-state index in [2.05, 4.69) is 10.3 Å². The van der Waals surface area contributed by atoms with Gasteiger partial charge in [-0.15, -0.1) is 16.3 Å². The van der Waals surface area contributed by atoms with Gasteiger partial charge in [0.2, 0.25) is 0 Å². The molecule has 4 heterocycles. The molecule has 2 aliphatic heterocycles. The van der Waals surface area contributed by atoms with Crippen LogP contribution in [-0.4, -0.2) is 69.6 Å². The number of methoxy groups -OCH3 is 1. The van der Waals surface area contributed by atoms with Gasteiger partial charge in [-0.05, 0) is 30.2 Å². The number of aryl methyl sites for hydroxylation is 2. The van der Waals surface area contributed by atoms with Crippen molar-refractivity contribution in [3.05, 3.63) is 79.8 Å². The van der Waals surface area contributed by atoms with Crippen molar-refractivity contribution >= 4 is 68.9 Å². The molecule has 9 nitrogen and oxygen atoms in total. The number of piperidine rings is 1. The summed E-state index contributed by atoms with van der Waals surface area (Å²) in [7, 11) is 3.21.